The van der Waals surface area contributed by atoms with Crippen LogP contribution in [-0.2, 0) is 6.18 Å². The Morgan fingerprint density at radius 2 is 2.08 bits per heavy atom. The summed E-state index contributed by atoms with van der Waals surface area (Å²) in [6.45, 7) is 4.63. The number of hydrogen-bond donors (Lipinski definition) is 1. The third-order valence-corrected chi connectivity index (χ3v) is 4.03. The Balaban J connectivity index is 2.18. The summed E-state index contributed by atoms with van der Waals surface area (Å²) in [5, 5.41) is 9.06. The minimum Gasteiger partial charge on any atom is -0.465 e. The highest BCUT2D eigenvalue weighted by Gasteiger charge is 2.33. The third-order valence-electron chi connectivity index (χ3n) is 4.03. The second-order valence-corrected chi connectivity index (χ2v) is 6.36. The van der Waals surface area contributed by atoms with E-state index in [0.717, 1.165) is 17.7 Å². The Bertz CT molecular complexity index is 724. The molecule has 24 heavy (non-hydrogen) atoms. The zero-order valence-corrected chi connectivity index (χ0v) is 13.4. The van der Waals surface area contributed by atoms with Crippen molar-refractivity contribution in [3.8, 4) is 11.8 Å². The highest BCUT2D eigenvalue weighted by Crippen LogP contribution is 2.34. The van der Waals surface area contributed by atoms with Gasteiger partial charge in [0.15, 0.2) is 0 Å². The van der Waals surface area contributed by atoms with Gasteiger partial charge in [-0.3, -0.25) is 0 Å². The summed E-state index contributed by atoms with van der Waals surface area (Å²) in [4.78, 5) is 12.4. The number of piperidine rings is 1. The van der Waals surface area contributed by atoms with E-state index in [1.165, 1.54) is 17.0 Å². The number of benzene rings is 1. The Morgan fingerprint density at radius 3 is 2.67 bits per heavy atom. The van der Waals surface area contributed by atoms with E-state index in [4.69, 9.17) is 5.11 Å². The molecule has 0 aromatic heterocycles. The van der Waals surface area contributed by atoms with Crippen LogP contribution in [0.15, 0.2) is 35.9 Å². The predicted octanol–water partition coefficient (Wildman–Crippen LogP) is 4.39. The van der Waals surface area contributed by atoms with Crippen LogP contribution in [0.1, 0.15) is 31.4 Å². The minimum absolute atomic E-state index is 0.294. The Hall–Kier alpha value is -2.42. The molecule has 6 heteroatoms. The van der Waals surface area contributed by atoms with Gasteiger partial charge in [-0.25, -0.2) is 4.79 Å². The van der Waals surface area contributed by atoms with Gasteiger partial charge in [-0.15, -0.1) is 0 Å². The number of hydrogen-bond acceptors (Lipinski definition) is 1. The highest BCUT2D eigenvalue weighted by atomic mass is 19.4. The second kappa shape index (κ2) is 6.60. The van der Waals surface area contributed by atoms with Crippen LogP contribution >= 0.6 is 0 Å². The molecule has 0 radical (unpaired) electrons. The molecule has 0 atom stereocenters. The average Bonchev–Trinajstić information content (AvgIpc) is 2.47. The Labute approximate surface area is 138 Å². The molecule has 1 fully saturated rings. The van der Waals surface area contributed by atoms with Crippen molar-refractivity contribution in [2.75, 3.05) is 13.1 Å². The molecule has 0 unspecified atom stereocenters. The van der Waals surface area contributed by atoms with Gasteiger partial charge < -0.3 is 10.0 Å². The molecule has 2 rings (SSSR count). The van der Waals surface area contributed by atoms with Crippen LogP contribution in [0.25, 0.3) is 0 Å². The molecule has 3 nitrogen and oxygen atoms in total. The van der Waals surface area contributed by atoms with E-state index in [2.05, 4.69) is 11.8 Å². The number of alkyl halides is 3. The van der Waals surface area contributed by atoms with Gasteiger partial charge in [-0.2, -0.15) is 13.2 Å². The monoisotopic (exact) mass is 337 g/mol. The minimum atomic E-state index is -4.39. The lowest BCUT2D eigenvalue weighted by Crippen LogP contribution is -2.44. The van der Waals surface area contributed by atoms with Crippen molar-refractivity contribution in [2.24, 2.45) is 5.41 Å². The molecule has 1 amide bonds. The topological polar surface area (TPSA) is 40.5 Å². The van der Waals surface area contributed by atoms with E-state index < -0.39 is 17.8 Å². The molecule has 0 spiro atoms. The third kappa shape index (κ3) is 4.31. The van der Waals surface area contributed by atoms with Crippen molar-refractivity contribution in [3.63, 3.8) is 0 Å². The van der Waals surface area contributed by atoms with E-state index in [-0.39, 0.29) is 5.41 Å². The normalized spacial score (nSPS) is 18.9. The van der Waals surface area contributed by atoms with Crippen LogP contribution in [-0.4, -0.2) is 29.2 Å². The van der Waals surface area contributed by atoms with Crippen LogP contribution in [0, 0.1) is 17.3 Å². The molecular weight excluding hydrogens is 319 g/mol. The molecule has 1 aromatic carbocycles. The standard InChI is InChI=1S/C18H18F3NO2/c1-17(2)12-22(16(23)24)10-9-14(17)7-3-5-13-6-4-8-15(11-13)18(19,20)21/h4,6-8,11H,9-10,12H2,1-2H3,(H,23,24)/b14-7+. The van der Waals surface area contributed by atoms with Gasteiger partial charge in [0.2, 0.25) is 0 Å². The summed E-state index contributed by atoms with van der Waals surface area (Å²) in [7, 11) is 0. The Morgan fingerprint density at radius 1 is 1.38 bits per heavy atom. The maximum absolute atomic E-state index is 12.7. The maximum Gasteiger partial charge on any atom is 0.416 e. The summed E-state index contributed by atoms with van der Waals surface area (Å²) in [6.07, 6.45) is -3.07. The SMILES string of the molecule is CC1(C)CN(C(=O)O)CC/C1=C\C#Cc1cccc(C(F)(F)F)c1. The van der Waals surface area contributed by atoms with Crippen molar-refractivity contribution in [1.29, 1.82) is 0 Å². The molecule has 1 saturated heterocycles. The number of amides is 1. The van der Waals surface area contributed by atoms with E-state index >= 15 is 0 Å². The van der Waals surface area contributed by atoms with Crippen molar-refractivity contribution in [1.82, 2.24) is 4.90 Å². The summed E-state index contributed by atoms with van der Waals surface area (Å²) >= 11 is 0. The number of likely N-dealkylation sites (tertiary alicyclic amines) is 1. The smallest absolute Gasteiger partial charge is 0.416 e. The largest absolute Gasteiger partial charge is 0.465 e. The molecule has 0 saturated carbocycles. The fourth-order valence-corrected chi connectivity index (χ4v) is 2.66. The van der Waals surface area contributed by atoms with Crippen molar-refractivity contribution in [3.05, 3.63) is 47.0 Å². The number of halogens is 3. The van der Waals surface area contributed by atoms with Gasteiger partial charge >= 0.3 is 12.3 Å². The fourth-order valence-electron chi connectivity index (χ4n) is 2.66. The average molecular weight is 337 g/mol. The van der Waals surface area contributed by atoms with Crippen LogP contribution in [0.2, 0.25) is 0 Å². The molecule has 0 aliphatic carbocycles. The molecule has 1 aromatic rings. The summed E-state index contributed by atoms with van der Waals surface area (Å²) in [5.74, 6) is 5.52. The molecule has 1 heterocycles. The second-order valence-electron chi connectivity index (χ2n) is 6.36. The van der Waals surface area contributed by atoms with Crippen molar-refractivity contribution in [2.45, 2.75) is 26.4 Å². The number of carbonyl (C=O) groups is 1. The van der Waals surface area contributed by atoms with Crippen LogP contribution in [0.4, 0.5) is 18.0 Å². The first kappa shape index (κ1) is 17.9. The maximum atomic E-state index is 12.7. The number of carboxylic acid groups (broad SMARTS) is 1. The van der Waals surface area contributed by atoms with Crippen molar-refractivity contribution >= 4 is 6.09 Å². The van der Waals surface area contributed by atoms with E-state index in [1.807, 2.05) is 13.8 Å². The van der Waals surface area contributed by atoms with Crippen molar-refractivity contribution < 1.29 is 23.1 Å². The van der Waals surface area contributed by atoms with E-state index in [0.29, 0.717) is 25.1 Å². The van der Waals surface area contributed by atoms with Crippen LogP contribution in [0.5, 0.6) is 0 Å². The van der Waals surface area contributed by atoms with E-state index in [1.54, 1.807) is 6.08 Å². The first-order chi connectivity index (χ1) is 11.1. The lowest BCUT2D eigenvalue weighted by atomic mass is 9.79. The predicted molar refractivity (Wildman–Crippen MR) is 84.4 cm³/mol. The van der Waals surface area contributed by atoms with E-state index in [9.17, 15) is 18.0 Å². The Kier molecular flexibility index (Phi) is 4.93. The zero-order valence-electron chi connectivity index (χ0n) is 13.4. The number of rotatable bonds is 0. The van der Waals surface area contributed by atoms with Crippen LogP contribution in [0.3, 0.4) is 0 Å². The van der Waals surface area contributed by atoms with Gasteiger partial charge in [-0.1, -0.05) is 37.3 Å². The fraction of sp³-hybridized carbons (Fsp3) is 0.389. The summed E-state index contributed by atoms with van der Waals surface area (Å²) < 4.78 is 38.0. The summed E-state index contributed by atoms with van der Waals surface area (Å²) in [5.41, 5.74) is 0.220. The van der Waals surface area contributed by atoms with Crippen LogP contribution < -0.4 is 0 Å². The first-order valence-corrected chi connectivity index (χ1v) is 7.46. The molecular formula is C18H18F3NO2. The van der Waals surface area contributed by atoms with Gasteiger partial charge in [0.25, 0.3) is 0 Å². The molecule has 128 valence electrons. The van der Waals surface area contributed by atoms with Gasteiger partial charge in [-0.05, 0) is 30.7 Å². The first-order valence-electron chi connectivity index (χ1n) is 7.46. The number of allylic oxidation sites excluding steroid dienone is 1. The quantitative estimate of drug-likeness (QED) is 0.713. The molecule has 0 bridgehead atoms. The highest BCUT2D eigenvalue weighted by molar-refractivity contribution is 5.65. The number of nitrogens with zero attached hydrogens (tertiary/aromatic N) is 1. The zero-order chi connectivity index (χ0) is 18.0. The van der Waals surface area contributed by atoms with Gasteiger partial charge in [0, 0.05) is 24.1 Å². The summed E-state index contributed by atoms with van der Waals surface area (Å²) in [6, 6.07) is 4.88. The lowest BCUT2D eigenvalue weighted by molar-refractivity contribution is -0.137. The molecule has 1 aliphatic rings. The van der Waals surface area contributed by atoms with Gasteiger partial charge in [0.05, 0.1) is 5.56 Å². The van der Waals surface area contributed by atoms with Gasteiger partial charge in [0.1, 0.15) is 0 Å². The molecule has 1 aliphatic heterocycles. The molecule has 1 N–H and O–H groups in total. The lowest BCUT2D eigenvalue weighted by Gasteiger charge is -2.38.